The molecule has 0 aliphatic carbocycles. The normalized spacial score (nSPS) is 18.0. The van der Waals surface area contributed by atoms with E-state index in [0.29, 0.717) is 0 Å². The van der Waals surface area contributed by atoms with Crippen LogP contribution in [0.25, 0.3) is 0 Å². The highest BCUT2D eigenvalue weighted by atomic mass is 32.2. The summed E-state index contributed by atoms with van der Waals surface area (Å²) in [5.41, 5.74) is 0. The Hall–Kier alpha value is -1.44. The van der Waals surface area contributed by atoms with Crippen molar-refractivity contribution in [3.05, 3.63) is 46.7 Å². The van der Waals surface area contributed by atoms with E-state index in [9.17, 15) is 25.6 Å². The molecular formula is C18H23F2N3O4S3. The maximum absolute atomic E-state index is 12.7. The van der Waals surface area contributed by atoms with Crippen molar-refractivity contribution in [2.75, 3.05) is 39.8 Å². The number of benzene rings is 1. The number of nitrogens with zero attached hydrogens (tertiary/aromatic N) is 2. The third kappa shape index (κ3) is 5.24. The molecular weight excluding hydrogens is 456 g/mol. The van der Waals surface area contributed by atoms with Crippen molar-refractivity contribution in [3.63, 3.8) is 0 Å². The van der Waals surface area contributed by atoms with Crippen molar-refractivity contribution in [2.24, 2.45) is 0 Å². The molecule has 0 radical (unpaired) electrons. The molecule has 1 saturated heterocycles. The second-order valence-corrected chi connectivity index (χ2v) is 11.7. The number of thiophene rings is 1. The standard InChI is InChI=1S/C18H23F2N3O4S3/c1-22-8-10-23(11-9-22)16(17-3-2-12-28-17)13-21-30(26,27)15-6-4-14(5-7-15)29(24,25)18(19)20/h2-7,12,16,18,21H,8-11,13H2,1H3/t16-/m0/s1. The highest BCUT2D eigenvalue weighted by Gasteiger charge is 2.28. The lowest BCUT2D eigenvalue weighted by atomic mass is 10.2. The van der Waals surface area contributed by atoms with Crippen molar-refractivity contribution in [1.29, 1.82) is 0 Å². The minimum absolute atomic E-state index is 0.132. The molecule has 1 aromatic heterocycles. The van der Waals surface area contributed by atoms with E-state index < -0.39 is 30.5 Å². The summed E-state index contributed by atoms with van der Waals surface area (Å²) in [6.45, 7) is 3.52. The molecule has 1 aliphatic rings. The number of sulfonamides is 1. The number of halogens is 2. The zero-order chi connectivity index (χ0) is 21.9. The summed E-state index contributed by atoms with van der Waals surface area (Å²) in [4.78, 5) is 4.68. The van der Waals surface area contributed by atoms with Gasteiger partial charge in [0.1, 0.15) is 0 Å². The third-order valence-electron chi connectivity index (χ3n) is 5.01. The summed E-state index contributed by atoms with van der Waals surface area (Å²) < 4.78 is 76.3. The first kappa shape index (κ1) is 23.2. The fraction of sp³-hybridized carbons (Fsp3) is 0.444. The summed E-state index contributed by atoms with van der Waals surface area (Å²) >= 11 is 1.55. The lowest BCUT2D eigenvalue weighted by Crippen LogP contribution is -2.48. The number of sulfone groups is 1. The average Bonchev–Trinajstić information content (AvgIpc) is 3.24. The molecule has 3 rings (SSSR count). The van der Waals surface area contributed by atoms with E-state index in [1.54, 1.807) is 11.3 Å². The van der Waals surface area contributed by atoms with Gasteiger partial charge in [-0.1, -0.05) is 6.07 Å². The molecule has 2 heterocycles. The monoisotopic (exact) mass is 479 g/mol. The van der Waals surface area contributed by atoms with Crippen LogP contribution in [-0.2, 0) is 19.9 Å². The number of alkyl halides is 2. The Bertz CT molecular complexity index is 1030. The van der Waals surface area contributed by atoms with Gasteiger partial charge >= 0.3 is 5.76 Å². The van der Waals surface area contributed by atoms with Gasteiger partial charge in [-0.25, -0.2) is 21.6 Å². The number of piperazine rings is 1. The topological polar surface area (TPSA) is 86.8 Å². The van der Waals surface area contributed by atoms with Gasteiger partial charge in [-0.15, -0.1) is 11.3 Å². The van der Waals surface area contributed by atoms with Gasteiger partial charge in [0.25, 0.3) is 0 Å². The second kappa shape index (κ2) is 9.37. The Morgan fingerprint density at radius 3 is 2.13 bits per heavy atom. The molecule has 0 amide bonds. The molecule has 7 nitrogen and oxygen atoms in total. The molecule has 0 bridgehead atoms. The van der Waals surface area contributed by atoms with E-state index in [2.05, 4.69) is 14.5 Å². The van der Waals surface area contributed by atoms with Crippen molar-refractivity contribution >= 4 is 31.2 Å². The Morgan fingerprint density at radius 1 is 1.00 bits per heavy atom. The smallest absolute Gasteiger partial charge is 0.304 e. The quantitative estimate of drug-likeness (QED) is 0.623. The predicted octanol–water partition coefficient (Wildman–Crippen LogP) is 2.01. The number of likely N-dealkylation sites (N-methyl/N-ethyl adjacent to an activating group) is 1. The van der Waals surface area contributed by atoms with Crippen molar-refractivity contribution in [3.8, 4) is 0 Å². The highest BCUT2D eigenvalue weighted by Crippen LogP contribution is 2.26. The molecule has 30 heavy (non-hydrogen) atoms. The molecule has 1 N–H and O–H groups in total. The van der Waals surface area contributed by atoms with E-state index in [0.717, 1.165) is 55.3 Å². The minimum Gasteiger partial charge on any atom is -0.304 e. The number of rotatable bonds is 8. The molecule has 12 heteroatoms. The molecule has 2 aromatic rings. The lowest BCUT2D eigenvalue weighted by Gasteiger charge is -2.37. The molecule has 1 aromatic carbocycles. The van der Waals surface area contributed by atoms with Crippen LogP contribution in [0.15, 0.2) is 51.6 Å². The van der Waals surface area contributed by atoms with Gasteiger partial charge in [0.2, 0.25) is 19.9 Å². The summed E-state index contributed by atoms with van der Waals surface area (Å²) in [6.07, 6.45) is 0. The Labute approximate surface area is 179 Å². The van der Waals surface area contributed by atoms with Gasteiger partial charge in [-0.2, -0.15) is 8.78 Å². The average molecular weight is 480 g/mol. The van der Waals surface area contributed by atoms with E-state index in [-0.39, 0.29) is 17.5 Å². The van der Waals surface area contributed by atoms with Gasteiger partial charge in [-0.05, 0) is 42.8 Å². The zero-order valence-electron chi connectivity index (χ0n) is 16.2. The van der Waals surface area contributed by atoms with E-state index >= 15 is 0 Å². The molecule has 1 aliphatic heterocycles. The van der Waals surface area contributed by atoms with Crippen LogP contribution < -0.4 is 4.72 Å². The van der Waals surface area contributed by atoms with E-state index in [4.69, 9.17) is 0 Å². The SMILES string of the molecule is CN1CCN([C@@H](CNS(=O)(=O)c2ccc(S(=O)(=O)C(F)F)cc2)c2cccs2)CC1. The maximum atomic E-state index is 12.7. The molecule has 0 saturated carbocycles. The van der Waals surface area contributed by atoms with Crippen LogP contribution in [0.4, 0.5) is 8.78 Å². The van der Waals surface area contributed by atoms with Gasteiger partial charge in [-0.3, -0.25) is 4.90 Å². The highest BCUT2D eigenvalue weighted by molar-refractivity contribution is 7.91. The van der Waals surface area contributed by atoms with Gasteiger partial charge in [0.15, 0.2) is 0 Å². The van der Waals surface area contributed by atoms with Crippen LogP contribution in [0.3, 0.4) is 0 Å². The first-order chi connectivity index (χ1) is 14.1. The zero-order valence-corrected chi connectivity index (χ0v) is 18.7. The summed E-state index contributed by atoms with van der Waals surface area (Å²) in [6, 6.07) is 7.56. The van der Waals surface area contributed by atoms with E-state index in [1.165, 1.54) is 0 Å². The predicted molar refractivity (Wildman–Crippen MR) is 111 cm³/mol. The van der Waals surface area contributed by atoms with E-state index in [1.807, 2.05) is 24.6 Å². The Morgan fingerprint density at radius 2 is 1.60 bits per heavy atom. The fourth-order valence-corrected chi connectivity index (χ4v) is 5.83. The number of nitrogens with one attached hydrogen (secondary N) is 1. The van der Waals surface area contributed by atoms with Crippen LogP contribution in [0, 0.1) is 0 Å². The van der Waals surface area contributed by atoms with Crippen LogP contribution in [-0.4, -0.2) is 72.2 Å². The third-order valence-corrected chi connectivity index (χ3v) is 8.83. The second-order valence-electron chi connectivity index (χ2n) is 7.00. The number of hydrogen-bond donors (Lipinski definition) is 1. The van der Waals surface area contributed by atoms with Gasteiger partial charge in [0, 0.05) is 37.6 Å². The molecule has 1 atom stereocenters. The molecule has 0 unspecified atom stereocenters. The maximum Gasteiger partial charge on any atom is 0.341 e. The van der Waals surface area contributed by atoms with Crippen LogP contribution in [0.2, 0.25) is 0 Å². The molecule has 166 valence electrons. The summed E-state index contributed by atoms with van der Waals surface area (Å²) in [5.74, 6) is -3.56. The Balaban J connectivity index is 1.75. The minimum atomic E-state index is -4.77. The summed E-state index contributed by atoms with van der Waals surface area (Å²) in [7, 11) is -6.67. The largest absolute Gasteiger partial charge is 0.341 e. The summed E-state index contributed by atoms with van der Waals surface area (Å²) in [5, 5.41) is 1.94. The van der Waals surface area contributed by atoms with Crippen LogP contribution in [0.5, 0.6) is 0 Å². The van der Waals surface area contributed by atoms with Crippen LogP contribution in [0.1, 0.15) is 10.9 Å². The molecule has 1 fully saturated rings. The number of hydrogen-bond acceptors (Lipinski definition) is 7. The Kier molecular flexibility index (Phi) is 7.25. The first-order valence-electron chi connectivity index (χ1n) is 9.19. The van der Waals surface area contributed by atoms with Crippen molar-refractivity contribution in [2.45, 2.75) is 21.6 Å². The van der Waals surface area contributed by atoms with Crippen LogP contribution >= 0.6 is 11.3 Å². The molecule has 0 spiro atoms. The van der Waals surface area contributed by atoms with Gasteiger partial charge in [0.05, 0.1) is 15.8 Å². The fourth-order valence-electron chi connectivity index (χ4n) is 3.21. The first-order valence-corrected chi connectivity index (χ1v) is 13.1. The lowest BCUT2D eigenvalue weighted by molar-refractivity contribution is 0.114. The van der Waals surface area contributed by atoms with Crippen molar-refractivity contribution < 1.29 is 25.6 Å². The van der Waals surface area contributed by atoms with Gasteiger partial charge < -0.3 is 4.90 Å². The van der Waals surface area contributed by atoms with Crippen molar-refractivity contribution in [1.82, 2.24) is 14.5 Å².